The maximum absolute atomic E-state index is 10.5. The first-order valence-corrected chi connectivity index (χ1v) is 5.38. The second-order valence-electron chi connectivity index (χ2n) is 1.66. The summed E-state index contributed by atoms with van der Waals surface area (Å²) < 4.78 is 19.3. The Balaban J connectivity index is 0. The predicted molar refractivity (Wildman–Crippen MR) is 45.9 cm³/mol. The summed E-state index contributed by atoms with van der Waals surface area (Å²) in [6.45, 7) is 1.41. The number of aliphatic carboxylic acids is 1. The van der Waals surface area contributed by atoms with Crippen molar-refractivity contribution in [1.29, 1.82) is 0 Å². The minimum absolute atomic E-state index is 0.306. The number of carbonyl (C=O) groups is 1. The minimum atomic E-state index is -2.65. The van der Waals surface area contributed by atoms with E-state index >= 15 is 0 Å². The van der Waals surface area contributed by atoms with Gasteiger partial charge in [0.25, 0.3) is 0 Å². The third kappa shape index (κ3) is 12.6. The Morgan fingerprint density at radius 2 is 1.75 bits per heavy atom. The maximum Gasteiger partial charge on any atom is 0.327 e. The quantitative estimate of drug-likeness (QED) is 0.573. The first-order chi connectivity index (χ1) is 5.39. The summed E-state index contributed by atoms with van der Waals surface area (Å²) in [5.74, 6) is -1.29. The van der Waals surface area contributed by atoms with E-state index in [9.17, 15) is 9.36 Å². The molecular weight excluding hydrogens is 206 g/mol. The molecule has 0 aliphatic carbocycles. The van der Waals surface area contributed by atoms with Crippen LogP contribution in [0.3, 0.4) is 0 Å². The molecule has 0 fully saturated rings. The SMILES string of the molecule is COP(C)(=O)OC.O=C(O)CCl. The molecule has 0 radical (unpaired) electrons. The zero-order valence-electron chi connectivity index (χ0n) is 7.11. The van der Waals surface area contributed by atoms with Crippen LogP contribution in [0.15, 0.2) is 0 Å². The monoisotopic (exact) mass is 218 g/mol. The van der Waals surface area contributed by atoms with Crippen LogP contribution in [0, 0.1) is 0 Å². The van der Waals surface area contributed by atoms with Gasteiger partial charge < -0.3 is 14.2 Å². The van der Waals surface area contributed by atoms with Gasteiger partial charge in [0.15, 0.2) is 0 Å². The Morgan fingerprint density at radius 3 is 1.75 bits per heavy atom. The molecule has 0 saturated heterocycles. The molecule has 0 rings (SSSR count). The van der Waals surface area contributed by atoms with E-state index in [1.54, 1.807) is 0 Å². The highest BCUT2D eigenvalue weighted by molar-refractivity contribution is 7.52. The highest BCUT2D eigenvalue weighted by atomic mass is 35.5. The summed E-state index contributed by atoms with van der Waals surface area (Å²) in [6, 6.07) is 0. The first kappa shape index (κ1) is 14.4. The molecule has 74 valence electrons. The van der Waals surface area contributed by atoms with Crippen LogP contribution in [0.5, 0.6) is 0 Å². The van der Waals surface area contributed by atoms with Crippen molar-refractivity contribution in [1.82, 2.24) is 0 Å². The van der Waals surface area contributed by atoms with Crippen molar-refractivity contribution >= 4 is 25.2 Å². The third-order valence-electron chi connectivity index (χ3n) is 0.778. The number of alkyl halides is 1. The van der Waals surface area contributed by atoms with Crippen LogP contribution >= 0.6 is 19.2 Å². The molecule has 5 nitrogen and oxygen atoms in total. The molecule has 0 unspecified atom stereocenters. The minimum Gasteiger partial charge on any atom is -0.480 e. The van der Waals surface area contributed by atoms with Crippen LogP contribution in [-0.4, -0.2) is 37.8 Å². The van der Waals surface area contributed by atoms with Crippen molar-refractivity contribution in [2.24, 2.45) is 0 Å². The zero-order valence-corrected chi connectivity index (χ0v) is 8.76. The van der Waals surface area contributed by atoms with Crippen molar-refractivity contribution in [3.63, 3.8) is 0 Å². The molecule has 0 amide bonds. The maximum atomic E-state index is 10.5. The zero-order chi connectivity index (χ0) is 10.2. The van der Waals surface area contributed by atoms with E-state index in [4.69, 9.17) is 16.7 Å². The molecule has 0 spiro atoms. The average Bonchev–Trinajstić information content (AvgIpc) is 2.05. The number of carboxylic acid groups (broad SMARTS) is 1. The molecule has 0 aromatic heterocycles. The van der Waals surface area contributed by atoms with Crippen molar-refractivity contribution < 1.29 is 23.5 Å². The number of hydrogen-bond donors (Lipinski definition) is 1. The van der Waals surface area contributed by atoms with Crippen LogP contribution in [0.1, 0.15) is 0 Å². The van der Waals surface area contributed by atoms with Crippen molar-refractivity contribution in [2.75, 3.05) is 26.8 Å². The van der Waals surface area contributed by atoms with Crippen LogP contribution in [0.4, 0.5) is 0 Å². The standard InChI is InChI=1S/C3H9O3P.C2H3ClO2/c1-5-7(3,4)6-2;3-1-2(4)5/h1-3H3;1H2,(H,4,5). The van der Waals surface area contributed by atoms with Gasteiger partial charge in [0, 0.05) is 20.9 Å². The number of hydrogen-bond acceptors (Lipinski definition) is 4. The van der Waals surface area contributed by atoms with E-state index in [1.165, 1.54) is 20.9 Å². The summed E-state index contributed by atoms with van der Waals surface area (Å²) in [7, 11) is 0.0486. The summed E-state index contributed by atoms with van der Waals surface area (Å²) in [4.78, 5) is 9.24. The van der Waals surface area contributed by atoms with Gasteiger partial charge in [0.1, 0.15) is 5.88 Å². The highest BCUT2D eigenvalue weighted by Crippen LogP contribution is 2.40. The lowest BCUT2D eigenvalue weighted by Gasteiger charge is -2.04. The lowest BCUT2D eigenvalue weighted by atomic mass is 10.8. The van der Waals surface area contributed by atoms with E-state index in [-0.39, 0.29) is 5.88 Å². The molecule has 0 atom stereocenters. The van der Waals surface area contributed by atoms with Gasteiger partial charge in [-0.15, -0.1) is 11.6 Å². The summed E-state index contributed by atoms with van der Waals surface area (Å²) in [5.41, 5.74) is 0. The van der Waals surface area contributed by atoms with Gasteiger partial charge >= 0.3 is 13.6 Å². The Labute approximate surface area is 76.2 Å². The molecule has 0 bridgehead atoms. The van der Waals surface area contributed by atoms with E-state index in [0.29, 0.717) is 0 Å². The fourth-order valence-corrected chi connectivity index (χ4v) is 0.224. The Morgan fingerprint density at radius 1 is 1.50 bits per heavy atom. The Hall–Kier alpha value is -0.0900. The first-order valence-electron chi connectivity index (χ1n) is 2.86. The van der Waals surface area contributed by atoms with Gasteiger partial charge in [-0.05, 0) is 0 Å². The second kappa shape index (κ2) is 7.55. The largest absolute Gasteiger partial charge is 0.480 e. The van der Waals surface area contributed by atoms with Crippen molar-refractivity contribution in [3.8, 4) is 0 Å². The van der Waals surface area contributed by atoms with Crippen LogP contribution < -0.4 is 0 Å². The molecule has 1 N–H and O–H groups in total. The molecule has 0 aromatic rings. The van der Waals surface area contributed by atoms with E-state index in [1.807, 2.05) is 0 Å². The Kier molecular flexibility index (Phi) is 9.09. The average molecular weight is 219 g/mol. The van der Waals surface area contributed by atoms with E-state index in [0.717, 1.165) is 0 Å². The Bertz CT molecular complexity index is 163. The predicted octanol–water partition coefficient (Wildman–Crippen LogP) is 1.41. The molecule has 0 saturated carbocycles. The number of rotatable bonds is 3. The van der Waals surface area contributed by atoms with Gasteiger partial charge in [0.2, 0.25) is 0 Å². The lowest BCUT2D eigenvalue weighted by Crippen LogP contribution is -1.92. The van der Waals surface area contributed by atoms with Gasteiger partial charge in [-0.1, -0.05) is 0 Å². The third-order valence-corrected chi connectivity index (χ3v) is 2.33. The molecule has 0 aliphatic heterocycles. The molecule has 0 aliphatic rings. The summed E-state index contributed by atoms with van der Waals surface area (Å²) in [6.07, 6.45) is 0. The summed E-state index contributed by atoms with van der Waals surface area (Å²) in [5, 5.41) is 7.59. The van der Waals surface area contributed by atoms with Gasteiger partial charge in [-0.3, -0.25) is 9.36 Å². The number of halogens is 1. The number of carboxylic acids is 1. The smallest absolute Gasteiger partial charge is 0.327 e. The molecule has 0 aromatic carbocycles. The lowest BCUT2D eigenvalue weighted by molar-refractivity contribution is -0.134. The van der Waals surface area contributed by atoms with E-state index < -0.39 is 13.6 Å². The fourth-order valence-electron chi connectivity index (χ4n) is 0.0745. The highest BCUT2D eigenvalue weighted by Gasteiger charge is 2.08. The van der Waals surface area contributed by atoms with Crippen molar-refractivity contribution in [2.45, 2.75) is 0 Å². The molecule has 0 heterocycles. The topological polar surface area (TPSA) is 72.8 Å². The van der Waals surface area contributed by atoms with Crippen LogP contribution in [-0.2, 0) is 18.4 Å². The van der Waals surface area contributed by atoms with Gasteiger partial charge in [0.05, 0.1) is 0 Å². The van der Waals surface area contributed by atoms with Crippen LogP contribution in [0.2, 0.25) is 0 Å². The van der Waals surface area contributed by atoms with Gasteiger partial charge in [-0.25, -0.2) is 0 Å². The fraction of sp³-hybridized carbons (Fsp3) is 0.800. The molecular formula is C5H12ClO5P. The molecule has 12 heavy (non-hydrogen) atoms. The van der Waals surface area contributed by atoms with E-state index in [2.05, 4.69) is 9.05 Å². The normalized spacial score (nSPS) is 10.0. The van der Waals surface area contributed by atoms with Crippen molar-refractivity contribution in [3.05, 3.63) is 0 Å². The van der Waals surface area contributed by atoms with Gasteiger partial charge in [-0.2, -0.15) is 0 Å². The van der Waals surface area contributed by atoms with Crippen LogP contribution in [0.25, 0.3) is 0 Å². The summed E-state index contributed by atoms with van der Waals surface area (Å²) >= 11 is 4.74. The second-order valence-corrected chi connectivity index (χ2v) is 4.20. The molecule has 7 heteroatoms.